The van der Waals surface area contributed by atoms with Gasteiger partial charge < -0.3 is 20.9 Å². The Kier molecular flexibility index (Phi) is 6.12. The molecular formula is C15H15FN4O4S. The highest BCUT2D eigenvalue weighted by molar-refractivity contribution is 8.00. The van der Waals surface area contributed by atoms with Gasteiger partial charge in [-0.25, -0.2) is 4.39 Å². The van der Waals surface area contributed by atoms with Gasteiger partial charge in [-0.15, -0.1) is 11.8 Å². The summed E-state index contributed by atoms with van der Waals surface area (Å²) in [6.45, 7) is 1.70. The number of benzene rings is 1. The van der Waals surface area contributed by atoms with Crippen LogP contribution in [0.4, 0.5) is 15.9 Å². The van der Waals surface area contributed by atoms with Crippen LogP contribution in [0.5, 0.6) is 0 Å². The number of primary amides is 1. The molecular weight excluding hydrogens is 351 g/mol. The molecule has 0 radical (unpaired) electrons. The quantitative estimate of drug-likeness (QED) is 0.682. The topological polar surface area (TPSA) is 127 Å². The highest BCUT2D eigenvalue weighted by Gasteiger charge is 2.12. The second-order valence-corrected chi connectivity index (χ2v) is 5.96. The van der Waals surface area contributed by atoms with Crippen molar-refractivity contribution in [2.75, 3.05) is 22.1 Å². The van der Waals surface area contributed by atoms with Gasteiger partial charge in [0.05, 0.1) is 17.1 Å². The number of hydrogen-bond acceptors (Lipinski definition) is 6. The fourth-order valence-corrected chi connectivity index (χ4v) is 2.45. The molecule has 10 heteroatoms. The minimum atomic E-state index is -0.928. The molecule has 2 rings (SSSR count). The molecule has 0 saturated carbocycles. The molecule has 0 spiro atoms. The molecule has 0 aliphatic rings. The van der Waals surface area contributed by atoms with Gasteiger partial charge in [0.2, 0.25) is 11.8 Å². The molecule has 2 aromatic rings. The van der Waals surface area contributed by atoms with Crippen LogP contribution >= 0.6 is 11.8 Å². The van der Waals surface area contributed by atoms with Crippen molar-refractivity contribution in [1.82, 2.24) is 5.16 Å². The SMILES string of the molecule is Cc1cc(NC(=O)CSCC(=O)Nc2ccc(F)c(C(N)=O)c2)no1. The molecule has 1 aromatic carbocycles. The number of nitrogens with zero attached hydrogens (tertiary/aromatic N) is 1. The van der Waals surface area contributed by atoms with Gasteiger partial charge in [0, 0.05) is 11.8 Å². The Hall–Kier alpha value is -2.88. The first kappa shape index (κ1) is 18.5. The number of carbonyl (C=O) groups is 3. The summed E-state index contributed by atoms with van der Waals surface area (Å²) in [4.78, 5) is 34.6. The summed E-state index contributed by atoms with van der Waals surface area (Å²) < 4.78 is 18.2. The summed E-state index contributed by atoms with van der Waals surface area (Å²) in [6, 6.07) is 5.07. The van der Waals surface area contributed by atoms with E-state index in [1.807, 2.05) is 0 Å². The number of amides is 3. The summed E-state index contributed by atoms with van der Waals surface area (Å²) in [6.07, 6.45) is 0. The Bertz CT molecular complexity index is 809. The molecule has 0 unspecified atom stereocenters. The van der Waals surface area contributed by atoms with Gasteiger partial charge >= 0.3 is 0 Å². The Morgan fingerprint density at radius 2 is 1.88 bits per heavy atom. The largest absolute Gasteiger partial charge is 0.366 e. The molecule has 0 saturated heterocycles. The summed E-state index contributed by atoms with van der Waals surface area (Å²) in [5.41, 5.74) is 4.97. The van der Waals surface area contributed by atoms with Gasteiger partial charge in [-0.3, -0.25) is 14.4 Å². The molecule has 3 amide bonds. The molecule has 132 valence electrons. The number of rotatable bonds is 7. The van der Waals surface area contributed by atoms with E-state index in [1.54, 1.807) is 13.0 Å². The van der Waals surface area contributed by atoms with Crippen LogP contribution in [0.2, 0.25) is 0 Å². The van der Waals surface area contributed by atoms with E-state index in [1.165, 1.54) is 6.07 Å². The number of hydrogen-bond donors (Lipinski definition) is 3. The first-order chi connectivity index (χ1) is 11.8. The van der Waals surface area contributed by atoms with Crippen molar-refractivity contribution in [2.24, 2.45) is 5.73 Å². The predicted octanol–water partition coefficient (Wildman–Crippen LogP) is 1.53. The fraction of sp³-hybridized carbons (Fsp3) is 0.200. The Morgan fingerprint density at radius 1 is 1.20 bits per heavy atom. The molecule has 0 bridgehead atoms. The Labute approximate surface area is 146 Å². The molecule has 0 atom stereocenters. The van der Waals surface area contributed by atoms with Crippen molar-refractivity contribution >= 4 is 41.0 Å². The number of anilines is 2. The molecule has 25 heavy (non-hydrogen) atoms. The van der Waals surface area contributed by atoms with Gasteiger partial charge in [0.15, 0.2) is 5.82 Å². The lowest BCUT2D eigenvalue weighted by Gasteiger charge is -2.07. The number of carbonyl (C=O) groups excluding carboxylic acids is 3. The van der Waals surface area contributed by atoms with E-state index in [9.17, 15) is 18.8 Å². The Morgan fingerprint density at radius 3 is 2.48 bits per heavy atom. The first-order valence-electron chi connectivity index (χ1n) is 7.05. The van der Waals surface area contributed by atoms with E-state index in [4.69, 9.17) is 10.3 Å². The lowest BCUT2D eigenvalue weighted by Crippen LogP contribution is -2.19. The third-order valence-electron chi connectivity index (χ3n) is 2.88. The number of halogens is 1. The van der Waals surface area contributed by atoms with Gasteiger partial charge in [-0.2, -0.15) is 0 Å². The highest BCUT2D eigenvalue weighted by Crippen LogP contribution is 2.15. The zero-order chi connectivity index (χ0) is 18.4. The zero-order valence-electron chi connectivity index (χ0n) is 13.2. The van der Waals surface area contributed by atoms with Crippen molar-refractivity contribution in [2.45, 2.75) is 6.92 Å². The molecule has 0 aliphatic carbocycles. The third kappa shape index (κ3) is 5.60. The van der Waals surface area contributed by atoms with Crippen LogP contribution in [0.15, 0.2) is 28.8 Å². The zero-order valence-corrected chi connectivity index (χ0v) is 14.0. The molecule has 8 nitrogen and oxygen atoms in total. The van der Waals surface area contributed by atoms with Crippen molar-refractivity contribution in [3.63, 3.8) is 0 Å². The standard InChI is InChI=1S/C15H15FN4O4S/c1-8-4-12(20-24-8)19-14(22)7-25-6-13(21)18-9-2-3-11(16)10(5-9)15(17)23/h2-5H,6-7H2,1H3,(H2,17,23)(H,18,21)(H,19,20,22). The van der Waals surface area contributed by atoms with E-state index in [0.29, 0.717) is 11.6 Å². The predicted molar refractivity (Wildman–Crippen MR) is 90.7 cm³/mol. The van der Waals surface area contributed by atoms with Crippen molar-refractivity contribution in [1.29, 1.82) is 0 Å². The van der Waals surface area contributed by atoms with E-state index >= 15 is 0 Å². The van der Waals surface area contributed by atoms with Crippen molar-refractivity contribution in [3.05, 3.63) is 41.4 Å². The molecule has 1 aromatic heterocycles. The van der Waals surface area contributed by atoms with Gasteiger partial charge in [-0.1, -0.05) is 5.16 Å². The summed E-state index contributed by atoms with van der Waals surface area (Å²) in [7, 11) is 0. The maximum Gasteiger partial charge on any atom is 0.251 e. The van der Waals surface area contributed by atoms with Crippen molar-refractivity contribution < 1.29 is 23.3 Å². The number of nitrogens with two attached hydrogens (primary N) is 1. The first-order valence-corrected chi connectivity index (χ1v) is 8.20. The van der Waals surface area contributed by atoms with E-state index in [2.05, 4.69) is 15.8 Å². The lowest BCUT2D eigenvalue weighted by atomic mass is 10.2. The number of thioether (sulfide) groups is 1. The third-order valence-corrected chi connectivity index (χ3v) is 3.81. The fourth-order valence-electron chi connectivity index (χ4n) is 1.83. The monoisotopic (exact) mass is 366 g/mol. The average Bonchev–Trinajstić information content (AvgIpc) is 2.93. The number of aryl methyl sites for hydroxylation is 1. The van der Waals surface area contributed by atoms with E-state index in [0.717, 1.165) is 23.9 Å². The summed E-state index contributed by atoms with van der Waals surface area (Å²) in [5.74, 6) is -1.53. The maximum atomic E-state index is 13.4. The normalized spacial score (nSPS) is 10.3. The van der Waals surface area contributed by atoms with Gasteiger partial charge in [-0.05, 0) is 25.1 Å². The second-order valence-electron chi connectivity index (χ2n) is 4.97. The van der Waals surface area contributed by atoms with Crippen LogP contribution in [0.1, 0.15) is 16.1 Å². The van der Waals surface area contributed by atoms with Crippen molar-refractivity contribution in [3.8, 4) is 0 Å². The minimum absolute atomic E-state index is 0.00541. The summed E-state index contributed by atoms with van der Waals surface area (Å²) in [5, 5.41) is 8.64. The molecule has 1 heterocycles. The van der Waals surface area contributed by atoms with E-state index < -0.39 is 17.6 Å². The molecule has 0 fully saturated rings. The van der Waals surface area contributed by atoms with Gasteiger partial charge in [0.25, 0.3) is 5.91 Å². The number of nitrogens with one attached hydrogen (secondary N) is 2. The molecule has 0 aliphatic heterocycles. The maximum absolute atomic E-state index is 13.4. The minimum Gasteiger partial charge on any atom is -0.366 e. The Balaban J connectivity index is 1.78. The molecule has 4 N–H and O–H groups in total. The second kappa shape index (κ2) is 8.29. The average molecular weight is 366 g/mol. The summed E-state index contributed by atoms with van der Waals surface area (Å²) >= 11 is 1.08. The smallest absolute Gasteiger partial charge is 0.251 e. The highest BCUT2D eigenvalue weighted by atomic mass is 32.2. The van der Waals surface area contributed by atoms with Crippen LogP contribution in [-0.2, 0) is 9.59 Å². The van der Waals surface area contributed by atoms with E-state index in [-0.39, 0.29) is 28.7 Å². The van der Waals surface area contributed by atoms with Crippen LogP contribution in [-0.4, -0.2) is 34.4 Å². The lowest BCUT2D eigenvalue weighted by molar-refractivity contribution is -0.114. The van der Waals surface area contributed by atoms with Gasteiger partial charge in [0.1, 0.15) is 11.6 Å². The van der Waals surface area contributed by atoms with Crippen LogP contribution in [0, 0.1) is 12.7 Å². The van der Waals surface area contributed by atoms with Crippen LogP contribution in [0.25, 0.3) is 0 Å². The van der Waals surface area contributed by atoms with Crippen LogP contribution in [0.3, 0.4) is 0 Å². The number of aromatic nitrogens is 1. The van der Waals surface area contributed by atoms with Crippen LogP contribution < -0.4 is 16.4 Å².